The Morgan fingerprint density at radius 1 is 1.07 bits per heavy atom. The lowest BCUT2D eigenvalue weighted by atomic mass is 10.1. The fourth-order valence-electron chi connectivity index (χ4n) is 3.67. The average molecular weight is 422 g/mol. The molecule has 7 heteroatoms. The zero-order valence-electron chi connectivity index (χ0n) is 17.3. The van der Waals surface area contributed by atoms with Crippen LogP contribution in [0.5, 0.6) is 0 Å². The fourth-order valence-corrected chi connectivity index (χ4v) is 4.44. The van der Waals surface area contributed by atoms with Crippen molar-refractivity contribution in [3.8, 4) is 5.69 Å². The fraction of sp³-hybridized carbons (Fsp3) is 0.348. The molecule has 3 aromatic rings. The summed E-state index contributed by atoms with van der Waals surface area (Å²) in [4.78, 5) is 14.9. The van der Waals surface area contributed by atoms with Crippen molar-refractivity contribution in [3.63, 3.8) is 0 Å². The Bertz CT molecular complexity index is 982. The number of nitrogens with zero attached hydrogens (tertiary/aromatic N) is 4. The van der Waals surface area contributed by atoms with Crippen LogP contribution in [0.1, 0.15) is 31.2 Å². The number of rotatable bonds is 8. The van der Waals surface area contributed by atoms with Gasteiger partial charge in [-0.05, 0) is 62.2 Å². The highest BCUT2D eigenvalue weighted by molar-refractivity contribution is 7.99. The summed E-state index contributed by atoms with van der Waals surface area (Å²) in [6.07, 6.45) is 3.42. The van der Waals surface area contributed by atoms with Gasteiger partial charge in [0.2, 0.25) is 5.91 Å². The summed E-state index contributed by atoms with van der Waals surface area (Å²) in [5.41, 5.74) is 3.06. The number of carbonyl (C=O) groups excluding carboxylic acids is 1. The number of thioether (sulfide) groups is 1. The van der Waals surface area contributed by atoms with Crippen molar-refractivity contribution >= 4 is 23.4 Å². The average Bonchev–Trinajstić information content (AvgIpc) is 3.43. The Kier molecular flexibility index (Phi) is 6.81. The largest absolute Gasteiger partial charge is 0.325 e. The van der Waals surface area contributed by atoms with Crippen molar-refractivity contribution in [2.45, 2.75) is 37.9 Å². The van der Waals surface area contributed by atoms with E-state index < -0.39 is 0 Å². The van der Waals surface area contributed by atoms with Crippen LogP contribution in [0.3, 0.4) is 0 Å². The summed E-state index contributed by atoms with van der Waals surface area (Å²) in [5, 5.41) is 12.6. The molecule has 30 heavy (non-hydrogen) atoms. The molecule has 156 valence electrons. The molecule has 0 bridgehead atoms. The van der Waals surface area contributed by atoms with Crippen LogP contribution in [-0.4, -0.2) is 44.4 Å². The molecule has 0 unspecified atom stereocenters. The predicted octanol–water partition coefficient (Wildman–Crippen LogP) is 4.16. The summed E-state index contributed by atoms with van der Waals surface area (Å²) in [5.74, 6) is 1.16. The molecule has 6 nitrogen and oxygen atoms in total. The van der Waals surface area contributed by atoms with Crippen LogP contribution in [0.15, 0.2) is 59.8 Å². The SMILES string of the molecule is CCc1cccc(NC(=O)CSc2nnc(CN3CCCC3)n2-c2ccccc2)c1. The first-order chi connectivity index (χ1) is 14.7. The van der Waals surface area contributed by atoms with E-state index in [-0.39, 0.29) is 11.7 Å². The van der Waals surface area contributed by atoms with E-state index in [0.717, 1.165) is 48.4 Å². The van der Waals surface area contributed by atoms with E-state index in [4.69, 9.17) is 0 Å². The number of carbonyl (C=O) groups is 1. The molecule has 0 aliphatic carbocycles. The van der Waals surface area contributed by atoms with Gasteiger partial charge in [-0.25, -0.2) is 0 Å². The molecule has 0 saturated carbocycles. The van der Waals surface area contributed by atoms with E-state index >= 15 is 0 Å². The molecule has 4 rings (SSSR count). The third kappa shape index (κ3) is 5.09. The summed E-state index contributed by atoms with van der Waals surface area (Å²) < 4.78 is 2.08. The van der Waals surface area contributed by atoms with Crippen LogP contribution in [0.2, 0.25) is 0 Å². The van der Waals surface area contributed by atoms with Gasteiger partial charge in [0.15, 0.2) is 11.0 Å². The van der Waals surface area contributed by atoms with Gasteiger partial charge in [-0.1, -0.05) is 49.0 Å². The molecule has 1 N–H and O–H groups in total. The Hall–Kier alpha value is -2.64. The molecule has 0 atom stereocenters. The second kappa shape index (κ2) is 9.91. The van der Waals surface area contributed by atoms with Crippen LogP contribution in [0, 0.1) is 0 Å². The first-order valence-corrected chi connectivity index (χ1v) is 11.4. The molecule has 1 aliphatic heterocycles. The first kappa shape index (κ1) is 20.6. The molecule has 1 fully saturated rings. The van der Waals surface area contributed by atoms with Crippen molar-refractivity contribution in [1.82, 2.24) is 19.7 Å². The van der Waals surface area contributed by atoms with Crippen molar-refractivity contribution in [1.29, 1.82) is 0 Å². The summed E-state index contributed by atoms with van der Waals surface area (Å²) in [6.45, 7) is 5.08. The Morgan fingerprint density at radius 3 is 2.63 bits per heavy atom. The normalized spacial score (nSPS) is 14.2. The molecule has 1 aliphatic rings. The lowest BCUT2D eigenvalue weighted by Crippen LogP contribution is -2.21. The second-order valence-corrected chi connectivity index (χ2v) is 8.39. The summed E-state index contributed by atoms with van der Waals surface area (Å²) in [7, 11) is 0. The monoisotopic (exact) mass is 421 g/mol. The van der Waals surface area contributed by atoms with Crippen LogP contribution in [0.25, 0.3) is 5.69 Å². The molecule has 1 saturated heterocycles. The maximum atomic E-state index is 12.5. The number of nitrogens with one attached hydrogen (secondary N) is 1. The van der Waals surface area contributed by atoms with E-state index in [1.807, 2.05) is 36.4 Å². The molecular formula is C23H27N5OS. The number of aryl methyl sites for hydroxylation is 1. The van der Waals surface area contributed by atoms with Crippen LogP contribution in [-0.2, 0) is 17.8 Å². The number of benzene rings is 2. The Balaban J connectivity index is 1.47. The van der Waals surface area contributed by atoms with Gasteiger partial charge >= 0.3 is 0 Å². The van der Waals surface area contributed by atoms with Crippen molar-refractivity contribution in [3.05, 3.63) is 66.0 Å². The van der Waals surface area contributed by atoms with E-state index in [1.54, 1.807) is 0 Å². The van der Waals surface area contributed by atoms with Gasteiger partial charge in [0.05, 0.1) is 12.3 Å². The molecule has 0 radical (unpaired) electrons. The molecule has 0 spiro atoms. The Labute approximate surface area is 181 Å². The minimum Gasteiger partial charge on any atom is -0.325 e. The van der Waals surface area contributed by atoms with E-state index in [0.29, 0.717) is 0 Å². The van der Waals surface area contributed by atoms with Gasteiger partial charge < -0.3 is 5.32 Å². The number of likely N-dealkylation sites (tertiary alicyclic amines) is 1. The van der Waals surface area contributed by atoms with E-state index in [2.05, 4.69) is 50.1 Å². The summed E-state index contributed by atoms with van der Waals surface area (Å²) in [6, 6.07) is 18.1. The molecular weight excluding hydrogens is 394 g/mol. The van der Waals surface area contributed by atoms with Crippen LogP contribution < -0.4 is 5.32 Å². The van der Waals surface area contributed by atoms with Crippen molar-refractivity contribution < 1.29 is 4.79 Å². The number of anilines is 1. The lowest BCUT2D eigenvalue weighted by molar-refractivity contribution is -0.113. The van der Waals surface area contributed by atoms with Gasteiger partial charge in [-0.15, -0.1) is 10.2 Å². The zero-order chi connectivity index (χ0) is 20.8. The number of para-hydroxylation sites is 1. The third-order valence-electron chi connectivity index (χ3n) is 5.23. The maximum absolute atomic E-state index is 12.5. The minimum absolute atomic E-state index is 0.0445. The van der Waals surface area contributed by atoms with Gasteiger partial charge in [0.25, 0.3) is 0 Å². The van der Waals surface area contributed by atoms with Crippen LogP contribution in [0.4, 0.5) is 5.69 Å². The Morgan fingerprint density at radius 2 is 1.87 bits per heavy atom. The number of aromatic nitrogens is 3. The van der Waals surface area contributed by atoms with E-state index in [1.165, 1.54) is 30.2 Å². The number of amides is 1. The number of hydrogen-bond donors (Lipinski definition) is 1. The lowest BCUT2D eigenvalue weighted by Gasteiger charge is -2.16. The highest BCUT2D eigenvalue weighted by atomic mass is 32.2. The smallest absolute Gasteiger partial charge is 0.234 e. The maximum Gasteiger partial charge on any atom is 0.234 e. The van der Waals surface area contributed by atoms with Crippen molar-refractivity contribution in [2.75, 3.05) is 24.2 Å². The highest BCUT2D eigenvalue weighted by Crippen LogP contribution is 2.24. The van der Waals surface area contributed by atoms with E-state index in [9.17, 15) is 4.79 Å². The quantitative estimate of drug-likeness (QED) is 0.554. The zero-order valence-corrected chi connectivity index (χ0v) is 18.1. The molecule has 1 aromatic heterocycles. The minimum atomic E-state index is -0.0445. The number of hydrogen-bond acceptors (Lipinski definition) is 5. The van der Waals surface area contributed by atoms with Gasteiger partial charge in [0, 0.05) is 11.4 Å². The third-order valence-corrected chi connectivity index (χ3v) is 6.16. The van der Waals surface area contributed by atoms with Gasteiger partial charge in [-0.3, -0.25) is 14.3 Å². The second-order valence-electron chi connectivity index (χ2n) is 7.44. The molecule has 1 amide bonds. The van der Waals surface area contributed by atoms with Gasteiger partial charge in [0.1, 0.15) is 0 Å². The summed E-state index contributed by atoms with van der Waals surface area (Å²) >= 11 is 1.42. The molecule has 2 heterocycles. The highest BCUT2D eigenvalue weighted by Gasteiger charge is 2.20. The predicted molar refractivity (Wildman–Crippen MR) is 121 cm³/mol. The van der Waals surface area contributed by atoms with Crippen LogP contribution >= 0.6 is 11.8 Å². The standard InChI is InChI=1S/C23H27N5OS/c1-2-18-9-8-10-19(15-18)24-22(29)17-30-23-26-25-21(16-27-13-6-7-14-27)28(23)20-11-4-3-5-12-20/h3-5,8-12,15H,2,6-7,13-14,16-17H2,1H3,(H,24,29). The first-order valence-electron chi connectivity index (χ1n) is 10.5. The van der Waals surface area contributed by atoms with Crippen molar-refractivity contribution in [2.24, 2.45) is 0 Å². The van der Waals surface area contributed by atoms with Gasteiger partial charge in [-0.2, -0.15) is 0 Å². The molecule has 2 aromatic carbocycles. The topological polar surface area (TPSA) is 63.1 Å².